The molecule has 0 radical (unpaired) electrons. The van der Waals surface area contributed by atoms with Crippen LogP contribution < -0.4 is 4.90 Å². The van der Waals surface area contributed by atoms with Gasteiger partial charge in [-0.25, -0.2) is 9.78 Å². The summed E-state index contributed by atoms with van der Waals surface area (Å²) in [7, 11) is 2.14. The van der Waals surface area contributed by atoms with E-state index in [9.17, 15) is 9.90 Å². The maximum Gasteiger partial charge on any atom is 0.335 e. The number of carboxylic acid groups (broad SMARTS) is 1. The second-order valence-electron chi connectivity index (χ2n) is 6.09. The number of hydrogen-bond donors (Lipinski definition) is 1. The first-order valence-electron chi connectivity index (χ1n) is 7.62. The molecule has 0 saturated carbocycles. The fourth-order valence-electron chi connectivity index (χ4n) is 2.71. The Kier molecular flexibility index (Phi) is 4.83. The van der Waals surface area contributed by atoms with Crippen LogP contribution in [0.3, 0.4) is 0 Å². The number of carboxylic acids is 1. The van der Waals surface area contributed by atoms with Crippen LogP contribution in [0.1, 0.15) is 49.2 Å². The Labute approximate surface area is 126 Å². The van der Waals surface area contributed by atoms with E-state index in [0.29, 0.717) is 11.6 Å². The summed E-state index contributed by atoms with van der Waals surface area (Å²) in [5.41, 5.74) is 1.17. The number of rotatable bonds is 4. The monoisotopic (exact) mass is 291 g/mol. The van der Waals surface area contributed by atoms with Crippen LogP contribution in [0.25, 0.3) is 0 Å². The van der Waals surface area contributed by atoms with E-state index in [2.05, 4.69) is 28.8 Å². The van der Waals surface area contributed by atoms with Gasteiger partial charge in [0.25, 0.3) is 0 Å². The lowest BCUT2D eigenvalue weighted by Crippen LogP contribution is -2.51. The molecule has 116 valence electrons. The summed E-state index contributed by atoms with van der Waals surface area (Å²) in [5, 5.41) is 9.30. The number of aromatic nitrogens is 1. The predicted molar refractivity (Wildman–Crippen MR) is 84.2 cm³/mol. The number of pyridine rings is 1. The highest BCUT2D eigenvalue weighted by Crippen LogP contribution is 2.23. The number of carbonyl (C=O) groups is 1. The van der Waals surface area contributed by atoms with Gasteiger partial charge in [0.2, 0.25) is 0 Å². The summed E-state index contributed by atoms with van der Waals surface area (Å²) in [6, 6.07) is 3.88. The molecule has 0 aromatic carbocycles. The Morgan fingerprint density at radius 2 is 2.14 bits per heavy atom. The van der Waals surface area contributed by atoms with E-state index >= 15 is 0 Å². The van der Waals surface area contributed by atoms with Gasteiger partial charge in [-0.15, -0.1) is 0 Å². The quantitative estimate of drug-likeness (QED) is 0.923. The van der Waals surface area contributed by atoms with Gasteiger partial charge in [-0.3, -0.25) is 4.90 Å². The van der Waals surface area contributed by atoms with Gasteiger partial charge in [0, 0.05) is 31.4 Å². The van der Waals surface area contributed by atoms with E-state index < -0.39 is 5.97 Å². The van der Waals surface area contributed by atoms with Gasteiger partial charge < -0.3 is 10.0 Å². The highest BCUT2D eigenvalue weighted by molar-refractivity contribution is 5.88. The average molecular weight is 291 g/mol. The van der Waals surface area contributed by atoms with Crippen LogP contribution in [0, 0.1) is 0 Å². The minimum absolute atomic E-state index is 0.220. The summed E-state index contributed by atoms with van der Waals surface area (Å²) in [5.74, 6) is 0.129. The van der Waals surface area contributed by atoms with E-state index in [1.165, 1.54) is 0 Å². The second kappa shape index (κ2) is 6.43. The van der Waals surface area contributed by atoms with Crippen molar-refractivity contribution in [2.24, 2.45) is 0 Å². The third-order valence-corrected chi connectivity index (χ3v) is 4.24. The molecule has 1 saturated heterocycles. The van der Waals surface area contributed by atoms with E-state index in [0.717, 1.165) is 37.6 Å². The molecule has 5 nitrogen and oxygen atoms in total. The summed E-state index contributed by atoms with van der Waals surface area (Å²) in [6.45, 7) is 9.04. The minimum Gasteiger partial charge on any atom is -0.478 e. The highest BCUT2D eigenvalue weighted by Gasteiger charge is 2.24. The van der Waals surface area contributed by atoms with Gasteiger partial charge in [0.1, 0.15) is 5.82 Å². The van der Waals surface area contributed by atoms with Crippen LogP contribution in [0.4, 0.5) is 5.82 Å². The van der Waals surface area contributed by atoms with Crippen LogP contribution in [-0.4, -0.2) is 53.7 Å². The van der Waals surface area contributed by atoms with Crippen molar-refractivity contribution < 1.29 is 9.90 Å². The van der Waals surface area contributed by atoms with Crippen LogP contribution in [0.2, 0.25) is 0 Å². The molecular weight excluding hydrogens is 266 g/mol. The summed E-state index contributed by atoms with van der Waals surface area (Å²) < 4.78 is 0. The summed E-state index contributed by atoms with van der Waals surface area (Å²) in [6.07, 6.45) is 1.09. The highest BCUT2D eigenvalue weighted by atomic mass is 16.4. The molecule has 2 heterocycles. The molecule has 5 heteroatoms. The first kappa shape index (κ1) is 15.8. The van der Waals surface area contributed by atoms with Crippen molar-refractivity contribution in [3.63, 3.8) is 0 Å². The van der Waals surface area contributed by atoms with Crippen molar-refractivity contribution in [1.29, 1.82) is 0 Å². The third kappa shape index (κ3) is 3.53. The summed E-state index contributed by atoms with van der Waals surface area (Å²) in [4.78, 5) is 20.6. The Hall–Kier alpha value is -1.62. The van der Waals surface area contributed by atoms with E-state index in [1.54, 1.807) is 12.1 Å². The van der Waals surface area contributed by atoms with E-state index in [1.807, 2.05) is 13.8 Å². The maximum atomic E-state index is 11.3. The Balaban J connectivity index is 2.32. The number of anilines is 1. The molecule has 0 bridgehead atoms. The average Bonchev–Trinajstić information content (AvgIpc) is 2.47. The molecular formula is C16H25N3O2. The SMILES string of the molecule is CCC1CN(c2cc(C(=O)O)cc(C(C)C)n2)CCN1C. The smallest absolute Gasteiger partial charge is 0.335 e. The maximum absolute atomic E-state index is 11.3. The molecule has 2 rings (SSSR count). The van der Waals surface area contributed by atoms with Crippen LogP contribution >= 0.6 is 0 Å². The van der Waals surface area contributed by atoms with Crippen molar-refractivity contribution in [2.45, 2.75) is 39.2 Å². The Bertz CT molecular complexity index is 516. The van der Waals surface area contributed by atoms with Crippen LogP contribution in [0.5, 0.6) is 0 Å². The van der Waals surface area contributed by atoms with Crippen molar-refractivity contribution in [2.75, 3.05) is 31.6 Å². The number of hydrogen-bond acceptors (Lipinski definition) is 4. The largest absolute Gasteiger partial charge is 0.478 e. The topological polar surface area (TPSA) is 56.7 Å². The van der Waals surface area contributed by atoms with Gasteiger partial charge in [-0.2, -0.15) is 0 Å². The summed E-state index contributed by atoms with van der Waals surface area (Å²) >= 11 is 0. The molecule has 0 spiro atoms. The van der Waals surface area contributed by atoms with Gasteiger partial charge in [-0.05, 0) is 31.5 Å². The molecule has 1 fully saturated rings. The van der Waals surface area contributed by atoms with E-state index in [-0.39, 0.29) is 5.92 Å². The zero-order chi connectivity index (χ0) is 15.6. The van der Waals surface area contributed by atoms with Gasteiger partial charge in [0.15, 0.2) is 0 Å². The third-order valence-electron chi connectivity index (χ3n) is 4.24. The lowest BCUT2D eigenvalue weighted by Gasteiger charge is -2.40. The first-order chi connectivity index (χ1) is 9.92. The molecule has 21 heavy (non-hydrogen) atoms. The standard InChI is InChI=1S/C16H25N3O2/c1-5-13-10-19(7-6-18(13)4)15-9-12(16(20)21)8-14(17-15)11(2)3/h8-9,11,13H,5-7,10H2,1-4H3,(H,20,21). The molecule has 1 unspecified atom stereocenters. The fraction of sp³-hybridized carbons (Fsp3) is 0.625. The van der Waals surface area contributed by atoms with Gasteiger partial charge in [-0.1, -0.05) is 20.8 Å². The Morgan fingerprint density at radius 1 is 1.43 bits per heavy atom. The number of nitrogens with zero attached hydrogens (tertiary/aromatic N) is 3. The number of likely N-dealkylation sites (N-methyl/N-ethyl adjacent to an activating group) is 1. The fourth-order valence-corrected chi connectivity index (χ4v) is 2.71. The first-order valence-corrected chi connectivity index (χ1v) is 7.62. The normalized spacial score (nSPS) is 20.0. The molecule has 0 aliphatic carbocycles. The molecule has 1 aromatic heterocycles. The second-order valence-corrected chi connectivity index (χ2v) is 6.09. The van der Waals surface area contributed by atoms with Crippen LogP contribution in [0.15, 0.2) is 12.1 Å². The lowest BCUT2D eigenvalue weighted by molar-refractivity contribution is 0.0696. The lowest BCUT2D eigenvalue weighted by atomic mass is 10.1. The van der Waals surface area contributed by atoms with Crippen molar-refractivity contribution >= 4 is 11.8 Å². The zero-order valence-corrected chi connectivity index (χ0v) is 13.3. The number of aromatic carboxylic acids is 1. The van der Waals surface area contributed by atoms with Gasteiger partial charge >= 0.3 is 5.97 Å². The molecule has 1 aromatic rings. The predicted octanol–water partition coefficient (Wildman–Crippen LogP) is 2.43. The number of piperazine rings is 1. The molecule has 1 N–H and O–H groups in total. The van der Waals surface area contributed by atoms with E-state index in [4.69, 9.17) is 0 Å². The molecule has 0 amide bonds. The Morgan fingerprint density at radius 3 is 2.71 bits per heavy atom. The minimum atomic E-state index is -0.887. The van der Waals surface area contributed by atoms with Crippen molar-refractivity contribution in [1.82, 2.24) is 9.88 Å². The zero-order valence-electron chi connectivity index (χ0n) is 13.3. The molecule has 1 atom stereocenters. The van der Waals surface area contributed by atoms with Crippen LogP contribution in [-0.2, 0) is 0 Å². The van der Waals surface area contributed by atoms with Gasteiger partial charge in [0.05, 0.1) is 5.56 Å². The molecule has 1 aliphatic heterocycles. The van der Waals surface area contributed by atoms with Crippen molar-refractivity contribution in [3.8, 4) is 0 Å². The molecule has 1 aliphatic rings. The van der Waals surface area contributed by atoms with Crippen molar-refractivity contribution in [3.05, 3.63) is 23.4 Å².